The molecule has 0 saturated heterocycles. The van der Waals surface area contributed by atoms with Gasteiger partial charge in [-0.3, -0.25) is 15.0 Å². The number of rotatable bonds is 9. The lowest BCUT2D eigenvalue weighted by Gasteiger charge is -2.17. The first-order valence-corrected chi connectivity index (χ1v) is 10.6. The van der Waals surface area contributed by atoms with Gasteiger partial charge in [-0.1, -0.05) is 6.92 Å². The molecule has 1 aliphatic carbocycles. The van der Waals surface area contributed by atoms with Crippen LogP contribution in [-0.2, 0) is 4.79 Å². The van der Waals surface area contributed by atoms with E-state index >= 15 is 0 Å². The number of nitrogens with one attached hydrogen (secondary N) is 4. The first-order chi connectivity index (χ1) is 16.5. The van der Waals surface area contributed by atoms with Gasteiger partial charge < -0.3 is 15.4 Å². The molecule has 2 heterocycles. The molecule has 1 aliphatic rings. The first kappa shape index (κ1) is 23.0. The van der Waals surface area contributed by atoms with Gasteiger partial charge in [0.15, 0.2) is 23.1 Å². The molecule has 11 nitrogen and oxygen atoms in total. The van der Waals surface area contributed by atoms with E-state index in [4.69, 9.17) is 4.74 Å². The number of ether oxygens (including phenoxy) is 1. The van der Waals surface area contributed by atoms with Crippen molar-refractivity contribution in [2.45, 2.75) is 19.8 Å². The summed E-state index contributed by atoms with van der Waals surface area (Å²) in [4.78, 5) is 33.2. The zero-order valence-electron chi connectivity index (χ0n) is 18.6. The summed E-state index contributed by atoms with van der Waals surface area (Å²) in [7, 11) is 1.43. The van der Waals surface area contributed by atoms with Crippen molar-refractivity contribution in [3.8, 4) is 17.1 Å². The minimum atomic E-state index is -0.575. The van der Waals surface area contributed by atoms with E-state index < -0.39 is 11.7 Å². The fraction of sp³-hybridized carbons (Fsp3) is 0.273. The third-order valence-electron chi connectivity index (χ3n) is 4.92. The molecule has 2 aromatic heterocycles. The van der Waals surface area contributed by atoms with Crippen LogP contribution in [0.15, 0.2) is 36.7 Å². The Morgan fingerprint density at radius 2 is 1.88 bits per heavy atom. The molecule has 1 aromatic carbocycles. The summed E-state index contributed by atoms with van der Waals surface area (Å²) in [6, 6.07) is 5.56. The third-order valence-corrected chi connectivity index (χ3v) is 4.92. The number of hydrogen-bond donors (Lipinski definition) is 4. The molecule has 4 N–H and O–H groups in total. The molecule has 3 aromatic rings. The Morgan fingerprint density at radius 3 is 2.56 bits per heavy atom. The number of anilines is 3. The highest BCUT2D eigenvalue weighted by Gasteiger charge is 2.30. The molecule has 2 amide bonds. The van der Waals surface area contributed by atoms with Crippen LogP contribution in [0.5, 0.6) is 5.75 Å². The molecule has 34 heavy (non-hydrogen) atoms. The molecule has 12 heteroatoms. The van der Waals surface area contributed by atoms with Gasteiger partial charge in [-0.05, 0) is 25.0 Å². The predicted octanol–water partition coefficient (Wildman–Crippen LogP) is 2.43. The molecular formula is C22H23FN8O3. The van der Waals surface area contributed by atoms with Crippen LogP contribution in [0.1, 0.15) is 30.3 Å². The van der Waals surface area contributed by atoms with Crippen molar-refractivity contribution < 1.29 is 18.7 Å². The van der Waals surface area contributed by atoms with E-state index in [1.807, 2.05) is 6.92 Å². The number of aromatic nitrogens is 4. The summed E-state index contributed by atoms with van der Waals surface area (Å²) in [5.74, 6) is -0.694. The summed E-state index contributed by atoms with van der Waals surface area (Å²) < 4.78 is 20.1. The maximum atomic E-state index is 14.6. The number of hydrazine groups is 1. The van der Waals surface area contributed by atoms with E-state index in [9.17, 15) is 14.0 Å². The molecule has 0 spiro atoms. The summed E-state index contributed by atoms with van der Waals surface area (Å²) in [6.07, 6.45) is 4.70. The van der Waals surface area contributed by atoms with Crippen molar-refractivity contribution in [2.75, 3.05) is 24.3 Å². The smallest absolute Gasteiger partial charge is 0.288 e. The zero-order chi connectivity index (χ0) is 24.1. The van der Waals surface area contributed by atoms with Crippen LogP contribution in [-0.4, -0.2) is 45.6 Å². The topological polar surface area (TPSA) is 143 Å². The Labute approximate surface area is 194 Å². The second-order valence-electron chi connectivity index (χ2n) is 7.47. The van der Waals surface area contributed by atoms with Crippen molar-refractivity contribution in [3.63, 3.8) is 0 Å². The standard InChI is InChI=1S/C22H23FN8O3/c1-3-26-31-22(33)18-15(11-17(29-30-18)28-21(32)12-5-6-12)27-16-10-13(23)9-14(19(16)34-2)20-24-7-4-8-25-20/h4,7-12,26H,3,5-6H2,1-2H3,(H,31,33)(H2,27,28,29,32). The molecule has 0 atom stereocenters. The summed E-state index contributed by atoms with van der Waals surface area (Å²) >= 11 is 0. The monoisotopic (exact) mass is 466 g/mol. The predicted molar refractivity (Wildman–Crippen MR) is 122 cm³/mol. The van der Waals surface area contributed by atoms with Gasteiger partial charge in [0.25, 0.3) is 5.91 Å². The van der Waals surface area contributed by atoms with Gasteiger partial charge in [-0.25, -0.2) is 19.8 Å². The van der Waals surface area contributed by atoms with E-state index in [1.54, 1.807) is 6.07 Å². The normalized spacial score (nSPS) is 12.7. The van der Waals surface area contributed by atoms with E-state index in [0.29, 0.717) is 12.1 Å². The Hall–Kier alpha value is -4.19. The number of hydrogen-bond acceptors (Lipinski definition) is 9. The molecule has 0 bridgehead atoms. The highest BCUT2D eigenvalue weighted by molar-refractivity contribution is 6.00. The average Bonchev–Trinajstić information content (AvgIpc) is 3.69. The minimum absolute atomic E-state index is 0.0494. The maximum absolute atomic E-state index is 14.6. The lowest BCUT2D eigenvalue weighted by Crippen LogP contribution is -2.38. The van der Waals surface area contributed by atoms with E-state index in [2.05, 4.69) is 41.7 Å². The molecule has 0 unspecified atom stereocenters. The van der Waals surface area contributed by atoms with Gasteiger partial charge in [0.1, 0.15) is 5.82 Å². The fourth-order valence-corrected chi connectivity index (χ4v) is 3.17. The Kier molecular flexibility index (Phi) is 6.87. The summed E-state index contributed by atoms with van der Waals surface area (Å²) in [5.41, 5.74) is 5.82. The minimum Gasteiger partial charge on any atom is -0.494 e. The van der Waals surface area contributed by atoms with Crippen molar-refractivity contribution in [3.05, 3.63) is 48.2 Å². The fourth-order valence-electron chi connectivity index (χ4n) is 3.17. The molecule has 4 rings (SSSR count). The quantitative estimate of drug-likeness (QED) is 0.350. The number of amides is 2. The number of nitrogens with zero attached hydrogens (tertiary/aromatic N) is 4. The van der Waals surface area contributed by atoms with Crippen molar-refractivity contribution in [1.82, 2.24) is 31.0 Å². The van der Waals surface area contributed by atoms with Crippen LogP contribution in [0.2, 0.25) is 0 Å². The Bertz CT molecular complexity index is 1200. The lowest BCUT2D eigenvalue weighted by molar-refractivity contribution is -0.117. The van der Waals surface area contributed by atoms with Crippen LogP contribution in [0.25, 0.3) is 11.4 Å². The number of halogens is 1. The van der Waals surface area contributed by atoms with Gasteiger partial charge in [0.2, 0.25) is 5.91 Å². The highest BCUT2D eigenvalue weighted by Crippen LogP contribution is 2.38. The third kappa shape index (κ3) is 5.23. The van der Waals surface area contributed by atoms with Crippen LogP contribution < -0.4 is 26.2 Å². The van der Waals surface area contributed by atoms with E-state index in [1.165, 1.54) is 37.7 Å². The zero-order valence-corrected chi connectivity index (χ0v) is 18.6. The van der Waals surface area contributed by atoms with Crippen LogP contribution in [0.4, 0.5) is 21.6 Å². The second-order valence-corrected chi connectivity index (χ2v) is 7.47. The van der Waals surface area contributed by atoms with Crippen LogP contribution >= 0.6 is 0 Å². The summed E-state index contributed by atoms with van der Waals surface area (Å²) in [5, 5.41) is 13.6. The van der Waals surface area contributed by atoms with Crippen molar-refractivity contribution >= 4 is 29.0 Å². The molecule has 176 valence electrons. The van der Waals surface area contributed by atoms with Crippen LogP contribution in [0.3, 0.4) is 0 Å². The highest BCUT2D eigenvalue weighted by atomic mass is 19.1. The molecule has 1 saturated carbocycles. The Balaban J connectivity index is 1.74. The van der Waals surface area contributed by atoms with Crippen LogP contribution in [0, 0.1) is 11.7 Å². The Morgan fingerprint density at radius 1 is 1.12 bits per heavy atom. The van der Waals surface area contributed by atoms with E-state index in [-0.39, 0.29) is 46.3 Å². The van der Waals surface area contributed by atoms with Gasteiger partial charge in [-0.15, -0.1) is 10.2 Å². The van der Waals surface area contributed by atoms with Gasteiger partial charge in [0.05, 0.1) is 24.0 Å². The van der Waals surface area contributed by atoms with Crippen molar-refractivity contribution in [1.29, 1.82) is 0 Å². The largest absolute Gasteiger partial charge is 0.494 e. The molecule has 1 fully saturated rings. The SMILES string of the molecule is CCNNC(=O)c1nnc(NC(=O)C2CC2)cc1Nc1cc(F)cc(-c2ncccn2)c1OC. The number of carbonyl (C=O) groups excluding carboxylic acids is 2. The number of carbonyl (C=O) groups is 2. The molecular weight excluding hydrogens is 443 g/mol. The van der Waals surface area contributed by atoms with Gasteiger partial charge in [-0.2, -0.15) is 0 Å². The summed E-state index contributed by atoms with van der Waals surface area (Å²) in [6.45, 7) is 2.29. The van der Waals surface area contributed by atoms with Gasteiger partial charge in [0, 0.05) is 37.0 Å². The average molecular weight is 466 g/mol. The van der Waals surface area contributed by atoms with E-state index in [0.717, 1.165) is 12.8 Å². The molecule has 0 aliphatic heterocycles. The number of methoxy groups -OCH3 is 1. The van der Waals surface area contributed by atoms with Gasteiger partial charge >= 0.3 is 0 Å². The lowest BCUT2D eigenvalue weighted by atomic mass is 10.1. The maximum Gasteiger partial charge on any atom is 0.288 e. The first-order valence-electron chi connectivity index (χ1n) is 10.6. The van der Waals surface area contributed by atoms with Crippen molar-refractivity contribution in [2.24, 2.45) is 5.92 Å². The number of benzene rings is 1. The molecule has 0 radical (unpaired) electrons. The second kappa shape index (κ2) is 10.2.